The van der Waals surface area contributed by atoms with Crippen LogP contribution in [0.5, 0.6) is 5.75 Å². The number of nitrogens with one attached hydrogen (secondary N) is 2. The Hall–Kier alpha value is -4.09. The van der Waals surface area contributed by atoms with Gasteiger partial charge in [-0.3, -0.25) is 14.5 Å². The number of rotatable bonds is 10. The Balaban J connectivity index is 1.36. The molecule has 2 heterocycles. The molecule has 1 saturated carbocycles. The lowest BCUT2D eigenvalue weighted by Crippen LogP contribution is -2.51. The number of sulfone groups is 1. The average molecular weight is 660 g/mol. The van der Waals surface area contributed by atoms with Gasteiger partial charge in [0, 0.05) is 36.9 Å². The first kappa shape index (κ1) is 33.3. The van der Waals surface area contributed by atoms with Crippen LogP contribution in [0.1, 0.15) is 42.1 Å². The third kappa shape index (κ3) is 8.19. The van der Waals surface area contributed by atoms with Crippen LogP contribution in [0.25, 0.3) is 11.0 Å². The van der Waals surface area contributed by atoms with E-state index in [0.29, 0.717) is 43.1 Å². The van der Waals surface area contributed by atoms with Gasteiger partial charge in [-0.25, -0.2) is 13.4 Å². The molecule has 0 radical (unpaired) electrons. The largest absolute Gasteiger partial charge is 0.495 e. The van der Waals surface area contributed by atoms with Crippen molar-refractivity contribution in [3.8, 4) is 17.6 Å². The highest BCUT2D eigenvalue weighted by Crippen LogP contribution is 2.31. The van der Waals surface area contributed by atoms with Crippen molar-refractivity contribution in [3.05, 3.63) is 47.8 Å². The molecule has 2 N–H and O–H groups in total. The molecule has 1 amide bonds. The SMILES string of the molecule is COc1ccc(S(C)(=O)=O)cc1NCC#Cc1cc(C(=O)N[C@H]2CCN(CC(=O)C3CC3)C[C@@H]2C)c2ncn(CC(F)(F)F)c2c1. The number of nitrogens with zero attached hydrogens (tertiary/aromatic N) is 3. The predicted octanol–water partition coefficient (Wildman–Crippen LogP) is 3.89. The summed E-state index contributed by atoms with van der Waals surface area (Å²) in [6, 6.07) is 7.15. The van der Waals surface area contributed by atoms with Crippen LogP contribution in [-0.4, -0.2) is 86.3 Å². The second-order valence-corrected chi connectivity index (χ2v) is 14.0. The lowest BCUT2D eigenvalue weighted by atomic mass is 9.93. The molecular weight excluding hydrogens is 623 g/mol. The number of anilines is 1. The molecule has 5 rings (SSSR count). The van der Waals surface area contributed by atoms with Crippen molar-refractivity contribution in [2.45, 2.75) is 49.8 Å². The summed E-state index contributed by atoms with van der Waals surface area (Å²) >= 11 is 0. The number of hydrogen-bond acceptors (Lipinski definition) is 8. The first-order chi connectivity index (χ1) is 21.7. The fourth-order valence-electron chi connectivity index (χ4n) is 5.66. The second-order valence-electron chi connectivity index (χ2n) is 12.0. The molecule has 246 valence electrons. The lowest BCUT2D eigenvalue weighted by molar-refractivity contribution is -0.140. The molecule has 1 aliphatic carbocycles. The van der Waals surface area contributed by atoms with Gasteiger partial charge in [-0.15, -0.1) is 0 Å². The molecule has 0 spiro atoms. The summed E-state index contributed by atoms with van der Waals surface area (Å²) in [4.78, 5) is 32.2. The Labute approximate surface area is 265 Å². The van der Waals surface area contributed by atoms with Crippen molar-refractivity contribution in [1.82, 2.24) is 19.8 Å². The number of aromatic nitrogens is 2. The van der Waals surface area contributed by atoms with E-state index < -0.39 is 28.5 Å². The molecule has 0 bridgehead atoms. The van der Waals surface area contributed by atoms with Gasteiger partial charge in [-0.05, 0) is 55.5 Å². The summed E-state index contributed by atoms with van der Waals surface area (Å²) in [5.74, 6) is 6.23. The topological polar surface area (TPSA) is 123 Å². The molecule has 1 aliphatic heterocycles. The lowest BCUT2D eigenvalue weighted by Gasteiger charge is -2.37. The Morgan fingerprint density at radius 1 is 1.15 bits per heavy atom. The maximum absolute atomic E-state index is 13.6. The van der Waals surface area contributed by atoms with Crippen LogP contribution in [-0.2, 0) is 21.2 Å². The zero-order valence-electron chi connectivity index (χ0n) is 25.8. The van der Waals surface area contributed by atoms with Gasteiger partial charge < -0.3 is 19.9 Å². The van der Waals surface area contributed by atoms with E-state index >= 15 is 0 Å². The van der Waals surface area contributed by atoms with Crippen molar-refractivity contribution in [2.75, 3.05) is 44.9 Å². The van der Waals surface area contributed by atoms with Gasteiger partial charge >= 0.3 is 6.18 Å². The normalized spacial score (nSPS) is 18.9. The highest BCUT2D eigenvalue weighted by Gasteiger charge is 2.34. The molecular formula is C32H36F3N5O5S. The zero-order chi connectivity index (χ0) is 33.2. The monoisotopic (exact) mass is 659 g/mol. The number of likely N-dealkylation sites (tertiary alicyclic amines) is 1. The molecule has 46 heavy (non-hydrogen) atoms. The molecule has 2 fully saturated rings. The molecule has 2 aliphatic rings. The quantitative estimate of drug-likeness (QED) is 0.315. The number of benzene rings is 2. The first-order valence-electron chi connectivity index (χ1n) is 14.9. The van der Waals surface area contributed by atoms with E-state index in [-0.39, 0.29) is 51.7 Å². The molecule has 2 atom stereocenters. The number of ether oxygens (including phenoxy) is 1. The van der Waals surface area contributed by atoms with Crippen molar-refractivity contribution < 1.29 is 35.9 Å². The van der Waals surface area contributed by atoms with Crippen LogP contribution >= 0.6 is 0 Å². The Morgan fingerprint density at radius 3 is 2.57 bits per heavy atom. The van der Waals surface area contributed by atoms with E-state index in [0.717, 1.165) is 30.0 Å². The highest BCUT2D eigenvalue weighted by molar-refractivity contribution is 7.90. The van der Waals surface area contributed by atoms with Gasteiger partial charge in [0.25, 0.3) is 5.91 Å². The van der Waals surface area contributed by atoms with Gasteiger partial charge in [0.2, 0.25) is 0 Å². The van der Waals surface area contributed by atoms with E-state index in [1.54, 1.807) is 0 Å². The number of amides is 1. The van der Waals surface area contributed by atoms with Gasteiger partial charge in [0.15, 0.2) is 9.84 Å². The Morgan fingerprint density at radius 2 is 1.91 bits per heavy atom. The smallest absolute Gasteiger partial charge is 0.406 e. The summed E-state index contributed by atoms with van der Waals surface area (Å²) < 4.78 is 70.3. The Bertz CT molecular complexity index is 1810. The number of carbonyl (C=O) groups is 2. The maximum atomic E-state index is 13.6. The minimum atomic E-state index is -4.51. The van der Waals surface area contributed by atoms with Crippen molar-refractivity contribution >= 4 is 38.2 Å². The zero-order valence-corrected chi connectivity index (χ0v) is 26.6. The number of ketones is 1. The molecule has 1 aromatic heterocycles. The number of fused-ring (bicyclic) bond motifs is 1. The summed E-state index contributed by atoms with van der Waals surface area (Å²) in [5, 5.41) is 6.05. The first-order valence-corrected chi connectivity index (χ1v) is 16.8. The van der Waals surface area contributed by atoms with Gasteiger partial charge in [0.1, 0.15) is 23.6 Å². The van der Waals surface area contributed by atoms with Crippen LogP contribution in [0.4, 0.5) is 18.9 Å². The number of Topliss-reactive ketones (excluding diaryl/α,β-unsaturated/α-hetero) is 1. The van der Waals surface area contributed by atoms with E-state index in [9.17, 15) is 31.2 Å². The fraction of sp³-hybridized carbons (Fsp3) is 0.469. The van der Waals surface area contributed by atoms with Gasteiger partial charge in [-0.1, -0.05) is 18.8 Å². The summed E-state index contributed by atoms with van der Waals surface area (Å²) in [7, 11) is -2.02. The highest BCUT2D eigenvalue weighted by atomic mass is 32.2. The number of carbonyl (C=O) groups excluding carboxylic acids is 2. The molecule has 2 aromatic carbocycles. The minimum absolute atomic E-state index is 0.0459. The number of hydrogen-bond donors (Lipinski definition) is 2. The third-order valence-corrected chi connectivity index (χ3v) is 9.35. The maximum Gasteiger partial charge on any atom is 0.406 e. The number of halogens is 3. The number of methoxy groups -OCH3 is 1. The molecule has 0 unspecified atom stereocenters. The van der Waals surface area contributed by atoms with Crippen molar-refractivity contribution in [3.63, 3.8) is 0 Å². The van der Waals surface area contributed by atoms with E-state index in [1.807, 2.05) is 6.92 Å². The second kappa shape index (κ2) is 13.3. The average Bonchev–Trinajstić information content (AvgIpc) is 3.77. The van der Waals surface area contributed by atoms with Crippen LogP contribution < -0.4 is 15.4 Å². The summed E-state index contributed by atoms with van der Waals surface area (Å²) in [6.07, 6.45) is 0.196. The van der Waals surface area contributed by atoms with E-state index in [4.69, 9.17) is 4.74 Å². The summed E-state index contributed by atoms with van der Waals surface area (Å²) in [5.41, 5.74) is 1.06. The van der Waals surface area contributed by atoms with Gasteiger partial charge in [0.05, 0.1) is 48.2 Å². The fourth-order valence-corrected chi connectivity index (χ4v) is 6.31. The number of piperidine rings is 1. The van der Waals surface area contributed by atoms with Crippen molar-refractivity contribution in [1.29, 1.82) is 0 Å². The van der Waals surface area contributed by atoms with Gasteiger partial charge in [-0.2, -0.15) is 13.2 Å². The molecule has 14 heteroatoms. The molecule has 10 nitrogen and oxygen atoms in total. The molecule has 3 aromatic rings. The van der Waals surface area contributed by atoms with Crippen LogP contribution in [0, 0.1) is 23.7 Å². The van der Waals surface area contributed by atoms with Crippen LogP contribution in [0.15, 0.2) is 41.6 Å². The van der Waals surface area contributed by atoms with E-state index in [1.165, 1.54) is 37.4 Å². The Kier molecular flexibility index (Phi) is 9.65. The minimum Gasteiger partial charge on any atom is -0.495 e. The van der Waals surface area contributed by atoms with Crippen LogP contribution in [0.2, 0.25) is 0 Å². The standard InChI is InChI=1S/C32H36F3N5O5S/c1-20-16-39(17-28(41)22-6-7-22)12-10-25(20)38-31(42)24-13-21(14-27-30(24)37-19-40(27)18-32(33,34)35)5-4-11-36-26-15-23(46(3,43)44)8-9-29(26)45-2/h8-9,13-15,19-20,22,25,36H,6-7,10-12,16-18H2,1-3H3,(H,38,42)/t20-,25-/m0/s1. The summed E-state index contributed by atoms with van der Waals surface area (Å²) in [6.45, 7) is 2.48. The number of imidazole rings is 1. The third-order valence-electron chi connectivity index (χ3n) is 8.24. The van der Waals surface area contributed by atoms with E-state index in [2.05, 4.69) is 32.4 Å². The van der Waals surface area contributed by atoms with Crippen LogP contribution in [0.3, 0.4) is 0 Å². The number of alkyl halides is 3. The molecule has 1 saturated heterocycles. The van der Waals surface area contributed by atoms with Crippen molar-refractivity contribution in [2.24, 2.45) is 11.8 Å². The predicted molar refractivity (Wildman–Crippen MR) is 166 cm³/mol.